The van der Waals surface area contributed by atoms with Crippen LogP contribution in [0.1, 0.15) is 20.3 Å². The topological polar surface area (TPSA) is 66.6 Å². The quantitative estimate of drug-likeness (QED) is 0.714. The lowest BCUT2D eigenvalue weighted by Crippen LogP contribution is -2.37. The summed E-state index contributed by atoms with van der Waals surface area (Å²) in [6.45, 7) is 6.63. The van der Waals surface area contributed by atoms with E-state index in [4.69, 9.17) is 5.73 Å². The van der Waals surface area contributed by atoms with Crippen LogP contribution in [0.3, 0.4) is 0 Å². The molecule has 5 nitrogen and oxygen atoms in total. The van der Waals surface area contributed by atoms with Gasteiger partial charge in [0.25, 0.3) is 0 Å². The first-order valence-electron chi connectivity index (χ1n) is 5.81. The van der Waals surface area contributed by atoms with Crippen LogP contribution in [0.4, 0.5) is 0 Å². The zero-order valence-electron chi connectivity index (χ0n) is 10.1. The third-order valence-corrected chi connectivity index (χ3v) is 3.12. The minimum atomic E-state index is 0.00775. The van der Waals surface area contributed by atoms with E-state index in [0.717, 1.165) is 32.6 Å². The van der Waals surface area contributed by atoms with Crippen molar-refractivity contribution in [2.75, 3.05) is 32.7 Å². The summed E-state index contributed by atoms with van der Waals surface area (Å²) in [5, 5.41) is 0. The monoisotopic (exact) mass is 227 g/mol. The Kier molecular flexibility index (Phi) is 4.73. The van der Waals surface area contributed by atoms with Crippen molar-refractivity contribution in [2.24, 2.45) is 11.7 Å². The van der Waals surface area contributed by atoms with Gasteiger partial charge in [-0.05, 0) is 19.3 Å². The van der Waals surface area contributed by atoms with Gasteiger partial charge in [0.05, 0.1) is 6.54 Å². The first kappa shape index (κ1) is 13.0. The molecule has 1 saturated heterocycles. The van der Waals surface area contributed by atoms with E-state index in [1.807, 2.05) is 11.8 Å². The average molecular weight is 227 g/mol. The molecule has 5 heteroatoms. The highest BCUT2D eigenvalue weighted by atomic mass is 16.2. The van der Waals surface area contributed by atoms with Crippen molar-refractivity contribution >= 4 is 11.8 Å². The predicted octanol–water partition coefficient (Wildman–Crippen LogP) is -0.338. The van der Waals surface area contributed by atoms with E-state index in [1.54, 1.807) is 11.8 Å². The van der Waals surface area contributed by atoms with Gasteiger partial charge in [0.1, 0.15) is 0 Å². The Balaban J connectivity index is 2.41. The van der Waals surface area contributed by atoms with Gasteiger partial charge in [-0.25, -0.2) is 0 Å². The highest BCUT2D eigenvalue weighted by Gasteiger charge is 2.27. The molecule has 1 aliphatic heterocycles. The first-order valence-corrected chi connectivity index (χ1v) is 5.81. The summed E-state index contributed by atoms with van der Waals surface area (Å²) >= 11 is 0. The van der Waals surface area contributed by atoms with Crippen molar-refractivity contribution in [1.29, 1.82) is 0 Å². The van der Waals surface area contributed by atoms with Crippen LogP contribution in [0.15, 0.2) is 0 Å². The van der Waals surface area contributed by atoms with E-state index >= 15 is 0 Å². The van der Waals surface area contributed by atoms with Crippen molar-refractivity contribution in [3.8, 4) is 0 Å². The molecule has 1 atom stereocenters. The summed E-state index contributed by atoms with van der Waals surface area (Å²) in [5.41, 5.74) is 5.32. The number of nitrogens with two attached hydrogens (primary N) is 1. The summed E-state index contributed by atoms with van der Waals surface area (Å²) in [6, 6.07) is 0. The number of carbonyl (C=O) groups excluding carboxylic acids is 2. The second kappa shape index (κ2) is 5.84. The summed E-state index contributed by atoms with van der Waals surface area (Å²) in [4.78, 5) is 26.2. The lowest BCUT2D eigenvalue weighted by atomic mass is 10.1. The SMILES string of the molecule is CCN(C[C@@H]1CCN(C(=O)CN)C1)C(C)=O. The van der Waals surface area contributed by atoms with Crippen LogP contribution in [-0.2, 0) is 9.59 Å². The standard InChI is InChI=1S/C11H21N3O2/c1-3-13(9(2)15)7-10-4-5-14(8-10)11(16)6-12/h10H,3-8,12H2,1-2H3/t10-/m0/s1. The molecule has 1 aliphatic rings. The van der Waals surface area contributed by atoms with E-state index in [1.165, 1.54) is 0 Å². The molecule has 0 aromatic heterocycles. The minimum Gasteiger partial charge on any atom is -0.343 e. The molecule has 1 heterocycles. The highest BCUT2D eigenvalue weighted by Crippen LogP contribution is 2.17. The van der Waals surface area contributed by atoms with Crippen LogP contribution in [-0.4, -0.2) is 54.3 Å². The number of carbonyl (C=O) groups is 2. The Morgan fingerprint density at radius 1 is 1.50 bits per heavy atom. The van der Waals surface area contributed by atoms with E-state index in [2.05, 4.69) is 0 Å². The molecule has 0 radical (unpaired) electrons. The molecule has 1 rings (SSSR count). The lowest BCUT2D eigenvalue weighted by molar-refractivity contribution is -0.129. The Morgan fingerprint density at radius 3 is 2.69 bits per heavy atom. The molecule has 0 aromatic rings. The molecular weight excluding hydrogens is 206 g/mol. The summed E-state index contributed by atoms with van der Waals surface area (Å²) in [5.74, 6) is 0.513. The van der Waals surface area contributed by atoms with Gasteiger partial charge in [0.15, 0.2) is 0 Å². The Bertz CT molecular complexity index is 268. The van der Waals surface area contributed by atoms with Crippen molar-refractivity contribution in [1.82, 2.24) is 9.80 Å². The first-order chi connectivity index (χ1) is 7.58. The Morgan fingerprint density at radius 2 is 2.19 bits per heavy atom. The predicted molar refractivity (Wildman–Crippen MR) is 61.7 cm³/mol. The second-order valence-electron chi connectivity index (χ2n) is 4.26. The molecule has 0 unspecified atom stereocenters. The van der Waals surface area contributed by atoms with Crippen molar-refractivity contribution in [3.63, 3.8) is 0 Å². The second-order valence-corrected chi connectivity index (χ2v) is 4.26. The Labute approximate surface area is 96.6 Å². The number of likely N-dealkylation sites (tertiary alicyclic amines) is 1. The molecule has 2 amide bonds. The van der Waals surface area contributed by atoms with E-state index in [0.29, 0.717) is 5.92 Å². The van der Waals surface area contributed by atoms with Crippen molar-refractivity contribution < 1.29 is 9.59 Å². The number of hydrogen-bond acceptors (Lipinski definition) is 3. The molecule has 0 aromatic carbocycles. The molecule has 0 aliphatic carbocycles. The van der Waals surface area contributed by atoms with Crippen molar-refractivity contribution in [2.45, 2.75) is 20.3 Å². The van der Waals surface area contributed by atoms with Crippen molar-refractivity contribution in [3.05, 3.63) is 0 Å². The molecular formula is C11H21N3O2. The van der Waals surface area contributed by atoms with E-state index in [9.17, 15) is 9.59 Å². The van der Waals surface area contributed by atoms with Gasteiger partial charge in [0, 0.05) is 33.1 Å². The number of amides is 2. The summed E-state index contributed by atoms with van der Waals surface area (Å²) in [6.07, 6.45) is 0.968. The molecule has 0 bridgehead atoms. The summed E-state index contributed by atoms with van der Waals surface area (Å²) < 4.78 is 0. The number of hydrogen-bond donors (Lipinski definition) is 1. The third-order valence-electron chi connectivity index (χ3n) is 3.12. The van der Waals surface area contributed by atoms with Crippen LogP contribution in [0.2, 0.25) is 0 Å². The average Bonchev–Trinajstić information content (AvgIpc) is 2.72. The van der Waals surface area contributed by atoms with Crippen LogP contribution >= 0.6 is 0 Å². The molecule has 1 fully saturated rings. The maximum atomic E-state index is 11.4. The van der Waals surface area contributed by atoms with Gasteiger partial charge in [-0.3, -0.25) is 9.59 Å². The smallest absolute Gasteiger partial charge is 0.236 e. The van der Waals surface area contributed by atoms with E-state index < -0.39 is 0 Å². The number of rotatable bonds is 4. The van der Waals surface area contributed by atoms with E-state index in [-0.39, 0.29) is 18.4 Å². The van der Waals surface area contributed by atoms with Gasteiger partial charge < -0.3 is 15.5 Å². The van der Waals surface area contributed by atoms with Gasteiger partial charge in [-0.15, -0.1) is 0 Å². The zero-order chi connectivity index (χ0) is 12.1. The maximum absolute atomic E-state index is 11.4. The largest absolute Gasteiger partial charge is 0.343 e. The molecule has 2 N–H and O–H groups in total. The third kappa shape index (κ3) is 3.20. The fourth-order valence-corrected chi connectivity index (χ4v) is 2.13. The molecule has 0 spiro atoms. The Hall–Kier alpha value is -1.10. The normalized spacial score (nSPS) is 19.9. The minimum absolute atomic E-state index is 0.00775. The van der Waals surface area contributed by atoms with Gasteiger partial charge in [-0.2, -0.15) is 0 Å². The van der Waals surface area contributed by atoms with Crippen LogP contribution < -0.4 is 5.73 Å². The molecule has 16 heavy (non-hydrogen) atoms. The molecule has 92 valence electrons. The summed E-state index contributed by atoms with van der Waals surface area (Å²) in [7, 11) is 0. The van der Waals surface area contributed by atoms with Gasteiger partial charge >= 0.3 is 0 Å². The maximum Gasteiger partial charge on any atom is 0.236 e. The fraction of sp³-hybridized carbons (Fsp3) is 0.818. The van der Waals surface area contributed by atoms with Crippen LogP contribution in [0.25, 0.3) is 0 Å². The van der Waals surface area contributed by atoms with Crippen LogP contribution in [0, 0.1) is 5.92 Å². The fourth-order valence-electron chi connectivity index (χ4n) is 2.13. The molecule has 0 saturated carbocycles. The van der Waals surface area contributed by atoms with Gasteiger partial charge in [-0.1, -0.05) is 0 Å². The number of nitrogens with zero attached hydrogens (tertiary/aromatic N) is 2. The van der Waals surface area contributed by atoms with Crippen LogP contribution in [0.5, 0.6) is 0 Å². The highest BCUT2D eigenvalue weighted by molar-refractivity contribution is 5.78. The lowest BCUT2D eigenvalue weighted by Gasteiger charge is -2.23. The van der Waals surface area contributed by atoms with Gasteiger partial charge in [0.2, 0.25) is 11.8 Å². The zero-order valence-corrected chi connectivity index (χ0v) is 10.1.